The van der Waals surface area contributed by atoms with Gasteiger partial charge in [-0.3, -0.25) is 23.5 Å². The molecule has 0 saturated heterocycles. The van der Waals surface area contributed by atoms with Crippen LogP contribution < -0.4 is 16.0 Å². The average molecular weight is 492 g/mol. The van der Waals surface area contributed by atoms with Crippen molar-refractivity contribution in [2.24, 2.45) is 7.05 Å². The summed E-state index contributed by atoms with van der Waals surface area (Å²) in [6, 6.07) is 10.9. The highest BCUT2D eigenvalue weighted by Gasteiger charge is 2.22. The fourth-order valence-electron chi connectivity index (χ4n) is 3.39. The quantitative estimate of drug-likeness (QED) is 0.426. The molecule has 0 radical (unpaired) electrons. The third-order valence-corrected chi connectivity index (χ3v) is 5.34. The molecule has 0 aliphatic heterocycles. The number of aromatic nitrogens is 5. The molecule has 0 saturated carbocycles. The number of aryl methyl sites for hydroxylation is 2. The van der Waals surface area contributed by atoms with Crippen molar-refractivity contribution in [1.82, 2.24) is 23.7 Å². The molecule has 0 atom stereocenters. The summed E-state index contributed by atoms with van der Waals surface area (Å²) < 4.78 is 10.0. The normalized spacial score (nSPS) is 10.9. The molecule has 0 aliphatic carbocycles. The second-order valence-corrected chi connectivity index (χ2v) is 7.83. The second-order valence-electron chi connectivity index (χ2n) is 7.39. The zero-order valence-electron chi connectivity index (χ0n) is 18.1. The lowest BCUT2D eigenvalue weighted by molar-refractivity contribution is 0.277. The summed E-state index contributed by atoms with van der Waals surface area (Å²) in [5.41, 5.74) is 1.15. The Bertz CT molecular complexity index is 1380. The van der Waals surface area contributed by atoms with E-state index in [1.54, 1.807) is 42.1 Å². The van der Waals surface area contributed by atoms with E-state index in [0.717, 1.165) is 15.8 Å². The van der Waals surface area contributed by atoms with Crippen molar-refractivity contribution in [2.45, 2.75) is 26.4 Å². The fraction of sp³-hybridized carbons (Fsp3) is 0.273. The SMILES string of the molecule is Cc1ccc(Oc2nc3c(c(=O)n(CCCO)c(=O)n3C)n2Cc2ccc(Cl)cc2)cn1.Cl. The van der Waals surface area contributed by atoms with Crippen LogP contribution in [-0.4, -0.2) is 35.4 Å². The van der Waals surface area contributed by atoms with Gasteiger partial charge in [0.25, 0.3) is 5.56 Å². The van der Waals surface area contributed by atoms with Gasteiger partial charge < -0.3 is 9.84 Å². The van der Waals surface area contributed by atoms with Crippen molar-refractivity contribution in [3.8, 4) is 11.8 Å². The van der Waals surface area contributed by atoms with E-state index in [1.807, 2.05) is 19.1 Å². The maximum atomic E-state index is 13.3. The Morgan fingerprint density at radius 1 is 1.09 bits per heavy atom. The van der Waals surface area contributed by atoms with Crippen LogP contribution in [-0.2, 0) is 20.1 Å². The second kappa shape index (κ2) is 10.2. The van der Waals surface area contributed by atoms with Crippen molar-refractivity contribution in [1.29, 1.82) is 0 Å². The lowest BCUT2D eigenvalue weighted by Gasteiger charge is -2.11. The average Bonchev–Trinajstić information content (AvgIpc) is 3.13. The van der Waals surface area contributed by atoms with Gasteiger partial charge in [0.15, 0.2) is 11.2 Å². The van der Waals surface area contributed by atoms with Crippen LogP contribution in [0.5, 0.6) is 11.8 Å². The summed E-state index contributed by atoms with van der Waals surface area (Å²) in [6.45, 7) is 2.11. The van der Waals surface area contributed by atoms with E-state index in [-0.39, 0.29) is 55.7 Å². The smallest absolute Gasteiger partial charge is 0.332 e. The number of halogens is 2. The van der Waals surface area contributed by atoms with Crippen LogP contribution in [0.25, 0.3) is 11.2 Å². The number of rotatable bonds is 7. The Morgan fingerprint density at radius 3 is 2.45 bits per heavy atom. The highest BCUT2D eigenvalue weighted by Crippen LogP contribution is 2.25. The molecule has 174 valence electrons. The molecule has 33 heavy (non-hydrogen) atoms. The molecule has 0 amide bonds. The largest absolute Gasteiger partial charge is 0.424 e. The number of hydrogen-bond donors (Lipinski definition) is 1. The molecule has 0 bridgehead atoms. The minimum absolute atomic E-state index is 0. The number of fused-ring (bicyclic) bond motifs is 1. The summed E-state index contributed by atoms with van der Waals surface area (Å²) in [5, 5.41) is 9.77. The van der Waals surface area contributed by atoms with Gasteiger partial charge in [0.2, 0.25) is 0 Å². The van der Waals surface area contributed by atoms with Gasteiger partial charge in [0, 0.05) is 30.9 Å². The first-order valence-electron chi connectivity index (χ1n) is 10.0. The molecule has 0 unspecified atom stereocenters. The lowest BCUT2D eigenvalue weighted by Crippen LogP contribution is -2.39. The van der Waals surface area contributed by atoms with Crippen LogP contribution >= 0.6 is 24.0 Å². The van der Waals surface area contributed by atoms with Gasteiger partial charge in [-0.2, -0.15) is 4.98 Å². The number of hydrogen-bond acceptors (Lipinski definition) is 6. The molecule has 11 heteroatoms. The van der Waals surface area contributed by atoms with Crippen LogP contribution in [0.15, 0.2) is 52.2 Å². The van der Waals surface area contributed by atoms with Gasteiger partial charge in [-0.05, 0) is 43.2 Å². The van der Waals surface area contributed by atoms with Crippen molar-refractivity contribution >= 4 is 35.2 Å². The Hall–Kier alpha value is -3.14. The fourth-order valence-corrected chi connectivity index (χ4v) is 3.52. The molecule has 4 aromatic rings. The van der Waals surface area contributed by atoms with E-state index >= 15 is 0 Å². The minimum atomic E-state index is -0.504. The summed E-state index contributed by atoms with van der Waals surface area (Å²) in [4.78, 5) is 34.8. The Morgan fingerprint density at radius 2 is 1.82 bits per heavy atom. The van der Waals surface area contributed by atoms with Crippen LogP contribution in [0.4, 0.5) is 0 Å². The van der Waals surface area contributed by atoms with Crippen molar-refractivity contribution in [3.05, 3.63) is 79.7 Å². The number of ether oxygens (including phenoxy) is 1. The molecule has 1 N–H and O–H groups in total. The number of nitrogens with zero attached hydrogens (tertiary/aromatic N) is 5. The molecular formula is C22H23Cl2N5O4. The van der Waals surface area contributed by atoms with Gasteiger partial charge in [-0.25, -0.2) is 4.79 Å². The molecule has 1 aromatic carbocycles. The first-order valence-corrected chi connectivity index (χ1v) is 10.4. The standard InChI is InChI=1S/C22H22ClN5O4.ClH/c1-14-4-9-17(12-24-14)32-21-25-19-18(28(21)13-15-5-7-16(23)8-6-15)20(30)27(10-3-11-29)22(31)26(19)2;/h4-9,12,29H,3,10-11,13H2,1-2H3;1H. The van der Waals surface area contributed by atoms with Crippen LogP contribution in [0, 0.1) is 6.92 Å². The van der Waals surface area contributed by atoms with Crippen LogP contribution in [0.1, 0.15) is 17.7 Å². The maximum absolute atomic E-state index is 13.3. The van der Waals surface area contributed by atoms with Crippen molar-refractivity contribution in [3.63, 3.8) is 0 Å². The molecule has 3 heterocycles. The molecule has 0 fully saturated rings. The molecule has 9 nitrogen and oxygen atoms in total. The van der Waals surface area contributed by atoms with Gasteiger partial charge in [0.05, 0.1) is 12.7 Å². The highest BCUT2D eigenvalue weighted by molar-refractivity contribution is 6.30. The van der Waals surface area contributed by atoms with Crippen LogP contribution in [0.3, 0.4) is 0 Å². The lowest BCUT2D eigenvalue weighted by atomic mass is 10.2. The Labute approximate surface area is 200 Å². The van der Waals surface area contributed by atoms with Gasteiger partial charge in [0.1, 0.15) is 5.75 Å². The van der Waals surface area contributed by atoms with E-state index in [1.165, 1.54) is 4.57 Å². The van der Waals surface area contributed by atoms with E-state index in [0.29, 0.717) is 10.8 Å². The number of aliphatic hydroxyl groups is 1. The van der Waals surface area contributed by atoms with E-state index in [4.69, 9.17) is 16.3 Å². The minimum Gasteiger partial charge on any atom is -0.424 e. The van der Waals surface area contributed by atoms with E-state index in [9.17, 15) is 14.7 Å². The number of pyridine rings is 1. The van der Waals surface area contributed by atoms with Gasteiger partial charge in [-0.15, -0.1) is 12.4 Å². The van der Waals surface area contributed by atoms with E-state index < -0.39 is 11.2 Å². The molecule has 3 aromatic heterocycles. The maximum Gasteiger partial charge on any atom is 0.332 e. The predicted molar refractivity (Wildman–Crippen MR) is 128 cm³/mol. The van der Waals surface area contributed by atoms with E-state index in [2.05, 4.69) is 9.97 Å². The number of aliphatic hydroxyl groups excluding tert-OH is 1. The van der Waals surface area contributed by atoms with Gasteiger partial charge >= 0.3 is 11.7 Å². The van der Waals surface area contributed by atoms with Crippen molar-refractivity contribution in [2.75, 3.05) is 6.61 Å². The zero-order chi connectivity index (χ0) is 22.8. The van der Waals surface area contributed by atoms with Crippen LogP contribution in [0.2, 0.25) is 5.02 Å². The Kier molecular flexibility index (Phi) is 7.57. The first-order chi connectivity index (χ1) is 15.4. The predicted octanol–water partition coefficient (Wildman–Crippen LogP) is 2.90. The van der Waals surface area contributed by atoms with Crippen molar-refractivity contribution < 1.29 is 9.84 Å². The summed E-state index contributed by atoms with van der Waals surface area (Å²) in [5.74, 6) is 0.453. The molecular weight excluding hydrogens is 469 g/mol. The molecule has 0 spiro atoms. The monoisotopic (exact) mass is 491 g/mol. The number of imidazole rings is 1. The summed E-state index contributed by atoms with van der Waals surface area (Å²) in [7, 11) is 1.55. The zero-order valence-corrected chi connectivity index (χ0v) is 19.6. The highest BCUT2D eigenvalue weighted by atomic mass is 35.5. The number of benzene rings is 1. The summed E-state index contributed by atoms with van der Waals surface area (Å²) in [6.07, 6.45) is 1.85. The molecule has 0 aliphatic rings. The third kappa shape index (κ3) is 4.95. The Balaban J connectivity index is 0.00000306. The van der Waals surface area contributed by atoms with Gasteiger partial charge in [-0.1, -0.05) is 23.7 Å². The third-order valence-electron chi connectivity index (χ3n) is 5.08. The molecule has 4 rings (SSSR count). The first kappa shape index (κ1) is 24.5. The topological polar surface area (TPSA) is 104 Å². The summed E-state index contributed by atoms with van der Waals surface area (Å²) >= 11 is 6.01.